The van der Waals surface area contributed by atoms with Crippen LogP contribution < -0.4 is 11.1 Å². The van der Waals surface area contributed by atoms with Gasteiger partial charge in [0.2, 0.25) is 5.91 Å². The van der Waals surface area contributed by atoms with Crippen molar-refractivity contribution in [2.24, 2.45) is 5.73 Å². The third kappa shape index (κ3) is 5.97. The van der Waals surface area contributed by atoms with Gasteiger partial charge in [0.15, 0.2) is 0 Å². The normalized spacial score (nSPS) is 18.6. The molecule has 1 aliphatic rings. The van der Waals surface area contributed by atoms with Crippen LogP contribution >= 0.6 is 24.2 Å². The average Bonchev–Trinajstić information content (AvgIpc) is 2.25. The Bertz CT molecular complexity index is 208. The second kappa shape index (κ2) is 8.20. The van der Waals surface area contributed by atoms with Crippen molar-refractivity contribution in [2.75, 3.05) is 18.6 Å². The summed E-state index contributed by atoms with van der Waals surface area (Å²) in [5.41, 5.74) is 6.08. The van der Waals surface area contributed by atoms with E-state index in [4.69, 9.17) is 5.73 Å². The lowest BCUT2D eigenvalue weighted by molar-refractivity contribution is -0.121. The van der Waals surface area contributed by atoms with E-state index in [0.29, 0.717) is 13.0 Å². The van der Waals surface area contributed by atoms with E-state index in [1.165, 1.54) is 19.3 Å². The first-order chi connectivity index (χ1) is 7.16. The van der Waals surface area contributed by atoms with Crippen molar-refractivity contribution in [1.29, 1.82) is 0 Å². The van der Waals surface area contributed by atoms with Crippen LogP contribution in [0, 0.1) is 0 Å². The lowest BCUT2D eigenvalue weighted by Crippen LogP contribution is -2.51. The van der Waals surface area contributed by atoms with Gasteiger partial charge in [-0.3, -0.25) is 4.79 Å². The van der Waals surface area contributed by atoms with Gasteiger partial charge < -0.3 is 11.1 Å². The molecule has 16 heavy (non-hydrogen) atoms. The first-order valence-corrected chi connectivity index (χ1v) is 7.10. The third-order valence-electron chi connectivity index (χ3n) is 3.02. The molecular formula is C11H23ClN2OS. The standard InChI is InChI=1S/C11H22N2OS.ClH/c1-15-8-5-10(14)13-9-11(12)6-3-2-4-7-11;/h2-9,12H2,1H3,(H,13,14);1H. The van der Waals surface area contributed by atoms with Crippen molar-refractivity contribution in [3.8, 4) is 0 Å². The molecule has 5 heteroatoms. The highest BCUT2D eigenvalue weighted by Crippen LogP contribution is 2.25. The maximum Gasteiger partial charge on any atom is 0.220 e. The Balaban J connectivity index is 0.00000225. The van der Waals surface area contributed by atoms with E-state index in [1.807, 2.05) is 6.26 Å². The number of nitrogens with one attached hydrogen (secondary N) is 1. The van der Waals surface area contributed by atoms with Crippen molar-refractivity contribution < 1.29 is 4.79 Å². The number of nitrogens with two attached hydrogens (primary N) is 1. The summed E-state index contributed by atoms with van der Waals surface area (Å²) in [6, 6.07) is 0. The van der Waals surface area contributed by atoms with Gasteiger partial charge in [0.1, 0.15) is 0 Å². The molecule has 0 aromatic heterocycles. The lowest BCUT2D eigenvalue weighted by Gasteiger charge is -2.33. The fourth-order valence-electron chi connectivity index (χ4n) is 1.99. The summed E-state index contributed by atoms with van der Waals surface area (Å²) in [4.78, 5) is 11.4. The van der Waals surface area contributed by atoms with Gasteiger partial charge in [-0.25, -0.2) is 0 Å². The summed E-state index contributed by atoms with van der Waals surface area (Å²) in [5.74, 6) is 1.03. The van der Waals surface area contributed by atoms with Gasteiger partial charge in [0, 0.05) is 24.3 Å². The van der Waals surface area contributed by atoms with Crippen LogP contribution in [0.4, 0.5) is 0 Å². The second-order valence-corrected chi connectivity index (χ2v) is 5.43. The van der Waals surface area contributed by atoms with Crippen molar-refractivity contribution in [1.82, 2.24) is 5.32 Å². The summed E-state index contributed by atoms with van der Waals surface area (Å²) in [7, 11) is 0. The van der Waals surface area contributed by atoms with Crippen LogP contribution in [-0.2, 0) is 4.79 Å². The summed E-state index contributed by atoms with van der Waals surface area (Å²) in [6.07, 6.45) is 8.43. The summed E-state index contributed by atoms with van der Waals surface area (Å²) < 4.78 is 0. The van der Waals surface area contributed by atoms with Crippen LogP contribution in [0.5, 0.6) is 0 Å². The van der Waals surface area contributed by atoms with Gasteiger partial charge in [0.05, 0.1) is 0 Å². The van der Waals surface area contributed by atoms with E-state index in [0.717, 1.165) is 18.6 Å². The molecule has 1 aliphatic carbocycles. The zero-order valence-corrected chi connectivity index (χ0v) is 11.6. The molecule has 1 saturated carbocycles. The van der Waals surface area contributed by atoms with E-state index >= 15 is 0 Å². The molecule has 1 rings (SSSR count). The number of halogens is 1. The number of rotatable bonds is 5. The minimum Gasteiger partial charge on any atom is -0.354 e. The minimum absolute atomic E-state index is 0. The van der Waals surface area contributed by atoms with Gasteiger partial charge in [-0.15, -0.1) is 12.4 Å². The molecule has 3 nitrogen and oxygen atoms in total. The molecule has 1 amide bonds. The predicted molar refractivity (Wildman–Crippen MR) is 73.3 cm³/mol. The average molecular weight is 267 g/mol. The molecule has 0 bridgehead atoms. The molecule has 3 N–H and O–H groups in total. The molecule has 0 unspecified atom stereocenters. The Morgan fingerprint density at radius 1 is 1.38 bits per heavy atom. The molecule has 0 aromatic rings. The minimum atomic E-state index is -0.132. The van der Waals surface area contributed by atoms with E-state index in [9.17, 15) is 4.79 Å². The molecule has 96 valence electrons. The smallest absolute Gasteiger partial charge is 0.220 e. The number of carbonyl (C=O) groups excluding carboxylic acids is 1. The Hall–Kier alpha value is 0.0700. The molecule has 1 fully saturated rings. The molecule has 0 radical (unpaired) electrons. The zero-order chi connectivity index (χ0) is 11.1. The van der Waals surface area contributed by atoms with Crippen molar-refractivity contribution >= 4 is 30.1 Å². The number of thioether (sulfide) groups is 1. The molecule has 0 heterocycles. The SMILES string of the molecule is CSCCC(=O)NCC1(N)CCCCC1.Cl. The van der Waals surface area contributed by atoms with Gasteiger partial charge in [0.25, 0.3) is 0 Å². The van der Waals surface area contributed by atoms with Crippen LogP contribution in [0.15, 0.2) is 0 Å². The van der Waals surface area contributed by atoms with Crippen molar-refractivity contribution in [3.63, 3.8) is 0 Å². The predicted octanol–water partition coefficient (Wildman–Crippen LogP) is 1.94. The van der Waals surface area contributed by atoms with Gasteiger partial charge >= 0.3 is 0 Å². The fraction of sp³-hybridized carbons (Fsp3) is 0.909. The number of carbonyl (C=O) groups is 1. The highest BCUT2D eigenvalue weighted by atomic mass is 35.5. The van der Waals surface area contributed by atoms with E-state index < -0.39 is 0 Å². The quantitative estimate of drug-likeness (QED) is 0.800. The first kappa shape index (κ1) is 16.1. The second-order valence-electron chi connectivity index (χ2n) is 4.44. The fourth-order valence-corrected chi connectivity index (χ4v) is 2.38. The molecule has 0 saturated heterocycles. The van der Waals surface area contributed by atoms with Gasteiger partial charge in [-0.05, 0) is 19.1 Å². The van der Waals surface area contributed by atoms with Crippen LogP contribution in [0.25, 0.3) is 0 Å². The maximum atomic E-state index is 11.4. The van der Waals surface area contributed by atoms with E-state index in [2.05, 4.69) is 5.32 Å². The monoisotopic (exact) mass is 266 g/mol. The van der Waals surface area contributed by atoms with E-state index in [1.54, 1.807) is 11.8 Å². The van der Waals surface area contributed by atoms with Crippen molar-refractivity contribution in [2.45, 2.75) is 44.1 Å². The summed E-state index contributed by atoms with van der Waals surface area (Å²) in [5, 5.41) is 2.95. The Morgan fingerprint density at radius 3 is 2.56 bits per heavy atom. The van der Waals surface area contributed by atoms with Crippen molar-refractivity contribution in [3.05, 3.63) is 0 Å². The van der Waals surface area contributed by atoms with Gasteiger partial charge in [-0.1, -0.05) is 19.3 Å². The Labute approximate surface area is 109 Å². The summed E-state index contributed by atoms with van der Waals surface area (Å²) in [6.45, 7) is 0.653. The van der Waals surface area contributed by atoms with Crippen LogP contribution in [0.3, 0.4) is 0 Å². The van der Waals surface area contributed by atoms with Gasteiger partial charge in [-0.2, -0.15) is 11.8 Å². The third-order valence-corrected chi connectivity index (χ3v) is 3.63. The Morgan fingerprint density at radius 2 is 2.00 bits per heavy atom. The molecule has 0 aromatic carbocycles. The highest BCUT2D eigenvalue weighted by Gasteiger charge is 2.27. The molecule has 0 aliphatic heterocycles. The van der Waals surface area contributed by atoms with Crippen LogP contribution in [0.2, 0.25) is 0 Å². The molecule has 0 atom stereocenters. The maximum absolute atomic E-state index is 11.4. The highest BCUT2D eigenvalue weighted by molar-refractivity contribution is 7.98. The number of amides is 1. The molecular weight excluding hydrogens is 244 g/mol. The molecule has 0 spiro atoms. The zero-order valence-electron chi connectivity index (χ0n) is 9.96. The summed E-state index contributed by atoms with van der Waals surface area (Å²) >= 11 is 1.70. The lowest BCUT2D eigenvalue weighted by atomic mass is 9.82. The van der Waals surface area contributed by atoms with Crippen LogP contribution in [0.1, 0.15) is 38.5 Å². The Kier molecular flexibility index (Phi) is 8.24. The number of hydrogen-bond acceptors (Lipinski definition) is 3. The number of hydrogen-bond donors (Lipinski definition) is 2. The first-order valence-electron chi connectivity index (χ1n) is 5.71. The largest absolute Gasteiger partial charge is 0.354 e. The topological polar surface area (TPSA) is 55.1 Å². The van der Waals surface area contributed by atoms with E-state index in [-0.39, 0.29) is 23.9 Å². The van der Waals surface area contributed by atoms with Crippen LogP contribution in [-0.4, -0.2) is 30.0 Å².